The van der Waals surface area contributed by atoms with Gasteiger partial charge in [0.2, 0.25) is 15.9 Å². The Morgan fingerprint density at radius 3 is 2.43 bits per heavy atom. The Bertz CT molecular complexity index is 840. The second-order valence-electron chi connectivity index (χ2n) is 6.22. The van der Waals surface area contributed by atoms with Crippen LogP contribution in [0.4, 0.5) is 0 Å². The number of ether oxygens (including phenoxy) is 1. The molecule has 0 spiro atoms. The zero-order valence-electron chi connectivity index (χ0n) is 16.1. The number of benzene rings is 2. The highest BCUT2D eigenvalue weighted by atomic mass is 32.2. The third-order valence-corrected chi connectivity index (χ3v) is 6.10. The van der Waals surface area contributed by atoms with E-state index in [2.05, 4.69) is 10.0 Å². The van der Waals surface area contributed by atoms with Gasteiger partial charge in [-0.05, 0) is 49.6 Å². The van der Waals surface area contributed by atoms with E-state index in [9.17, 15) is 13.2 Å². The second-order valence-corrected chi connectivity index (χ2v) is 8.92. The molecular formula is C20H26N2O4S2. The molecule has 28 heavy (non-hydrogen) atoms. The Kier molecular flexibility index (Phi) is 8.82. The summed E-state index contributed by atoms with van der Waals surface area (Å²) in [6.45, 7) is 2.47. The maximum Gasteiger partial charge on any atom is 0.241 e. The molecule has 0 radical (unpaired) electrons. The van der Waals surface area contributed by atoms with Gasteiger partial charge in [0.1, 0.15) is 18.4 Å². The van der Waals surface area contributed by atoms with Gasteiger partial charge in [0.15, 0.2) is 0 Å². The Morgan fingerprint density at radius 1 is 1.11 bits per heavy atom. The van der Waals surface area contributed by atoms with Crippen LogP contribution in [0.3, 0.4) is 0 Å². The molecule has 0 fully saturated rings. The molecule has 0 aliphatic heterocycles. The molecule has 0 bridgehead atoms. The van der Waals surface area contributed by atoms with Crippen molar-refractivity contribution in [2.24, 2.45) is 0 Å². The molecule has 0 saturated carbocycles. The van der Waals surface area contributed by atoms with Gasteiger partial charge in [0.25, 0.3) is 0 Å². The first-order chi connectivity index (χ1) is 13.4. The molecule has 8 heteroatoms. The number of rotatable bonds is 11. The molecule has 1 atom stereocenters. The summed E-state index contributed by atoms with van der Waals surface area (Å²) in [5.74, 6) is 1.02. The van der Waals surface area contributed by atoms with E-state index in [1.54, 1.807) is 23.9 Å². The standard InChI is InChI=1S/C20H26N2O4S2/c1-16-8-10-18(11-9-16)28(24,25)22-19(12-15-27-2)20(23)21-13-14-26-17-6-4-3-5-7-17/h3-11,19,22H,12-15H2,1-2H3,(H,21,23). The van der Waals surface area contributed by atoms with Crippen molar-refractivity contribution in [2.45, 2.75) is 24.3 Å². The predicted octanol–water partition coefficient (Wildman–Crippen LogP) is 2.59. The van der Waals surface area contributed by atoms with Gasteiger partial charge >= 0.3 is 0 Å². The summed E-state index contributed by atoms with van der Waals surface area (Å²) in [6.07, 6.45) is 2.31. The lowest BCUT2D eigenvalue weighted by Gasteiger charge is -2.18. The normalized spacial score (nSPS) is 12.4. The Labute approximate surface area is 171 Å². The number of para-hydroxylation sites is 1. The van der Waals surface area contributed by atoms with Crippen LogP contribution in [0.2, 0.25) is 0 Å². The van der Waals surface area contributed by atoms with E-state index in [0.717, 1.165) is 11.3 Å². The zero-order chi connectivity index (χ0) is 20.4. The number of nitrogens with one attached hydrogen (secondary N) is 2. The fourth-order valence-corrected chi connectivity index (χ4v) is 4.14. The van der Waals surface area contributed by atoms with Crippen LogP contribution in [0.5, 0.6) is 5.75 Å². The van der Waals surface area contributed by atoms with Gasteiger partial charge in [-0.15, -0.1) is 0 Å². The number of sulfonamides is 1. The van der Waals surface area contributed by atoms with Crippen molar-refractivity contribution in [3.63, 3.8) is 0 Å². The summed E-state index contributed by atoms with van der Waals surface area (Å²) >= 11 is 1.56. The lowest BCUT2D eigenvalue weighted by atomic mass is 10.2. The smallest absolute Gasteiger partial charge is 0.241 e. The Morgan fingerprint density at radius 2 is 1.79 bits per heavy atom. The maximum absolute atomic E-state index is 12.6. The highest BCUT2D eigenvalue weighted by molar-refractivity contribution is 7.98. The van der Waals surface area contributed by atoms with Gasteiger partial charge in [-0.2, -0.15) is 16.5 Å². The van der Waals surface area contributed by atoms with Crippen LogP contribution in [-0.2, 0) is 14.8 Å². The van der Waals surface area contributed by atoms with Crippen LogP contribution in [0.15, 0.2) is 59.5 Å². The van der Waals surface area contributed by atoms with Crippen LogP contribution in [0, 0.1) is 6.92 Å². The molecule has 1 amide bonds. The Hall–Kier alpha value is -2.03. The average Bonchev–Trinajstić information content (AvgIpc) is 2.69. The first-order valence-corrected chi connectivity index (χ1v) is 11.8. The number of thioether (sulfide) groups is 1. The van der Waals surface area contributed by atoms with Gasteiger partial charge in [-0.25, -0.2) is 8.42 Å². The van der Waals surface area contributed by atoms with Gasteiger partial charge in [-0.3, -0.25) is 4.79 Å². The number of hydrogen-bond acceptors (Lipinski definition) is 5. The summed E-state index contributed by atoms with van der Waals surface area (Å²) in [7, 11) is -3.78. The molecule has 152 valence electrons. The number of carbonyl (C=O) groups is 1. The molecule has 0 saturated heterocycles. The van der Waals surface area contributed by atoms with Gasteiger partial charge < -0.3 is 10.1 Å². The molecule has 6 nitrogen and oxygen atoms in total. The minimum absolute atomic E-state index is 0.146. The second kappa shape index (κ2) is 11.1. The summed E-state index contributed by atoms with van der Waals surface area (Å²) in [5, 5.41) is 2.74. The first kappa shape index (κ1) is 22.3. The van der Waals surface area contributed by atoms with Crippen LogP contribution < -0.4 is 14.8 Å². The lowest BCUT2D eigenvalue weighted by Crippen LogP contribution is -2.47. The van der Waals surface area contributed by atoms with E-state index in [1.807, 2.05) is 43.5 Å². The van der Waals surface area contributed by atoms with Gasteiger partial charge in [-0.1, -0.05) is 35.9 Å². The zero-order valence-corrected chi connectivity index (χ0v) is 17.7. The minimum Gasteiger partial charge on any atom is -0.492 e. The van der Waals surface area contributed by atoms with Gasteiger partial charge in [0.05, 0.1) is 11.4 Å². The fraction of sp³-hybridized carbons (Fsp3) is 0.350. The summed E-state index contributed by atoms with van der Waals surface area (Å²) in [4.78, 5) is 12.7. The number of amides is 1. The summed E-state index contributed by atoms with van der Waals surface area (Å²) in [6, 6.07) is 15.0. The highest BCUT2D eigenvalue weighted by Crippen LogP contribution is 2.12. The van der Waals surface area contributed by atoms with Crippen molar-refractivity contribution in [2.75, 3.05) is 25.2 Å². The van der Waals surface area contributed by atoms with Crippen molar-refractivity contribution in [1.29, 1.82) is 0 Å². The summed E-state index contributed by atoms with van der Waals surface area (Å²) in [5.41, 5.74) is 0.967. The van der Waals surface area contributed by atoms with Crippen LogP contribution >= 0.6 is 11.8 Å². The van der Waals surface area contributed by atoms with Crippen molar-refractivity contribution < 1.29 is 17.9 Å². The quantitative estimate of drug-likeness (QED) is 0.544. The van der Waals surface area contributed by atoms with Crippen molar-refractivity contribution in [3.8, 4) is 5.75 Å². The largest absolute Gasteiger partial charge is 0.492 e. The van der Waals surface area contributed by atoms with Crippen LogP contribution in [0.1, 0.15) is 12.0 Å². The fourth-order valence-electron chi connectivity index (χ4n) is 2.44. The average molecular weight is 423 g/mol. The van der Waals surface area contributed by atoms with E-state index >= 15 is 0 Å². The van der Waals surface area contributed by atoms with E-state index in [4.69, 9.17) is 4.74 Å². The topological polar surface area (TPSA) is 84.5 Å². The molecule has 0 heterocycles. The molecule has 0 aromatic heterocycles. The molecule has 1 unspecified atom stereocenters. The number of hydrogen-bond donors (Lipinski definition) is 2. The molecular weight excluding hydrogens is 396 g/mol. The first-order valence-electron chi connectivity index (χ1n) is 8.96. The number of carbonyl (C=O) groups excluding carboxylic acids is 1. The molecule has 0 aliphatic carbocycles. The predicted molar refractivity (Wildman–Crippen MR) is 113 cm³/mol. The summed E-state index contributed by atoms with van der Waals surface area (Å²) < 4.78 is 33.3. The third kappa shape index (κ3) is 7.18. The van der Waals surface area contributed by atoms with Gasteiger partial charge in [0, 0.05) is 0 Å². The maximum atomic E-state index is 12.6. The van der Waals surface area contributed by atoms with Crippen LogP contribution in [-0.4, -0.2) is 45.5 Å². The van der Waals surface area contributed by atoms with Crippen molar-refractivity contribution in [3.05, 3.63) is 60.2 Å². The minimum atomic E-state index is -3.78. The van der Waals surface area contributed by atoms with E-state index in [-0.39, 0.29) is 17.3 Å². The lowest BCUT2D eigenvalue weighted by molar-refractivity contribution is -0.122. The monoisotopic (exact) mass is 422 g/mol. The molecule has 2 aromatic rings. The third-order valence-electron chi connectivity index (χ3n) is 3.97. The number of aryl methyl sites for hydroxylation is 1. The Balaban J connectivity index is 1.93. The van der Waals surface area contributed by atoms with E-state index in [0.29, 0.717) is 18.8 Å². The SMILES string of the molecule is CSCCC(NS(=O)(=O)c1ccc(C)cc1)C(=O)NCCOc1ccccc1. The molecule has 2 rings (SSSR count). The van der Waals surface area contributed by atoms with E-state index < -0.39 is 16.1 Å². The molecule has 0 aliphatic rings. The van der Waals surface area contributed by atoms with E-state index in [1.165, 1.54) is 12.1 Å². The highest BCUT2D eigenvalue weighted by Gasteiger charge is 2.25. The molecule has 2 N–H and O–H groups in total. The van der Waals surface area contributed by atoms with Crippen LogP contribution in [0.25, 0.3) is 0 Å². The molecule has 2 aromatic carbocycles. The van der Waals surface area contributed by atoms with Crippen molar-refractivity contribution in [1.82, 2.24) is 10.0 Å². The van der Waals surface area contributed by atoms with Crippen molar-refractivity contribution >= 4 is 27.7 Å².